The van der Waals surface area contributed by atoms with Gasteiger partial charge in [-0.3, -0.25) is 14.5 Å². The Morgan fingerprint density at radius 2 is 1.74 bits per heavy atom. The number of carbonyl (C=O) groups is 2. The molecular weight excluding hydrogens is 613 g/mol. The topological polar surface area (TPSA) is 73.7 Å². The molecule has 1 aliphatic rings. The highest BCUT2D eigenvalue weighted by Gasteiger charge is 2.31. The highest BCUT2D eigenvalue weighted by Crippen LogP contribution is 2.34. The van der Waals surface area contributed by atoms with Crippen molar-refractivity contribution >= 4 is 39.7 Å². The van der Waals surface area contributed by atoms with Gasteiger partial charge < -0.3 is 19.7 Å². The smallest absolute Gasteiger partial charge is 0.343 e. The fourth-order valence-corrected chi connectivity index (χ4v) is 6.19. The van der Waals surface area contributed by atoms with Crippen molar-refractivity contribution in [1.29, 1.82) is 0 Å². The van der Waals surface area contributed by atoms with Crippen LogP contribution in [0.4, 0.5) is 29.7 Å². The molecule has 0 spiro atoms. The molecule has 1 N–H and O–H groups in total. The molecule has 3 heterocycles. The number of carbonyl (C=O) groups excluding carboxylic acids is 2. The van der Waals surface area contributed by atoms with Crippen LogP contribution in [0.15, 0.2) is 66.0 Å². The number of likely N-dealkylation sites (N-methyl/N-ethyl adjacent to an activating group) is 1. The molecule has 244 valence electrons. The molecule has 2 aromatic carbocycles. The molecule has 0 radical (unpaired) electrons. The summed E-state index contributed by atoms with van der Waals surface area (Å²) in [5.74, 6) is 0.380. The van der Waals surface area contributed by atoms with Crippen molar-refractivity contribution < 1.29 is 22.8 Å². The van der Waals surface area contributed by atoms with Gasteiger partial charge in [0.25, 0.3) is 5.91 Å². The minimum absolute atomic E-state index is 0.00105. The summed E-state index contributed by atoms with van der Waals surface area (Å²) in [6, 6.07) is 16.4. The van der Waals surface area contributed by atoms with Crippen LogP contribution < -0.4 is 10.2 Å². The maximum atomic E-state index is 13.8. The Balaban J connectivity index is 1.29. The number of hydrogen-bond donors (Lipinski definition) is 1. The average molecular weight is 653 g/mol. The number of amides is 2. The minimum atomic E-state index is -4.44. The van der Waals surface area contributed by atoms with Gasteiger partial charge in [-0.2, -0.15) is 13.2 Å². The summed E-state index contributed by atoms with van der Waals surface area (Å²) in [5.41, 5.74) is 3.30. The van der Waals surface area contributed by atoms with Crippen LogP contribution in [0.3, 0.4) is 0 Å². The number of nitrogens with zero attached hydrogens (tertiary/aromatic N) is 5. The predicted octanol–water partition coefficient (Wildman–Crippen LogP) is 7.15. The molecule has 0 atom stereocenters. The zero-order valence-electron chi connectivity index (χ0n) is 26.5. The molecule has 1 saturated heterocycles. The molecule has 46 heavy (non-hydrogen) atoms. The first-order chi connectivity index (χ1) is 21.9. The third-order valence-electron chi connectivity index (χ3n) is 8.27. The van der Waals surface area contributed by atoms with Crippen molar-refractivity contribution in [1.82, 2.24) is 19.4 Å². The van der Waals surface area contributed by atoms with E-state index in [4.69, 9.17) is 4.98 Å². The van der Waals surface area contributed by atoms with Crippen molar-refractivity contribution in [3.8, 4) is 11.4 Å². The fourth-order valence-electron chi connectivity index (χ4n) is 5.47. The van der Waals surface area contributed by atoms with Gasteiger partial charge in [0.15, 0.2) is 5.13 Å². The van der Waals surface area contributed by atoms with Crippen molar-refractivity contribution in [3.05, 3.63) is 82.9 Å². The summed E-state index contributed by atoms with van der Waals surface area (Å²) >= 11 is 1.29. The van der Waals surface area contributed by atoms with E-state index in [0.29, 0.717) is 60.7 Å². The molecule has 0 aliphatic carbocycles. The van der Waals surface area contributed by atoms with Gasteiger partial charge in [0.1, 0.15) is 0 Å². The Labute approximate surface area is 271 Å². The summed E-state index contributed by atoms with van der Waals surface area (Å²) in [7, 11) is 1.77. The highest BCUT2D eigenvalue weighted by molar-refractivity contribution is 7.14. The number of nitrogens with one attached hydrogen (secondary N) is 1. The van der Waals surface area contributed by atoms with Crippen LogP contribution in [0, 0.1) is 12.8 Å². The molecule has 2 amide bonds. The number of hydrogen-bond acceptors (Lipinski definition) is 6. The minimum Gasteiger partial charge on any atom is -0.343 e. The summed E-state index contributed by atoms with van der Waals surface area (Å²) in [6.07, 6.45) is -3.54. The Morgan fingerprint density at radius 1 is 1.02 bits per heavy atom. The van der Waals surface area contributed by atoms with Crippen LogP contribution >= 0.6 is 11.3 Å². The predicted molar refractivity (Wildman–Crippen MR) is 177 cm³/mol. The lowest BCUT2D eigenvalue weighted by Gasteiger charge is -2.35. The summed E-state index contributed by atoms with van der Waals surface area (Å²) in [6.45, 7) is 9.42. The van der Waals surface area contributed by atoms with E-state index in [0.717, 1.165) is 35.6 Å². The monoisotopic (exact) mass is 652 g/mol. The first-order valence-electron chi connectivity index (χ1n) is 15.3. The number of thiazole rings is 1. The van der Waals surface area contributed by atoms with E-state index in [1.54, 1.807) is 18.0 Å². The third-order valence-corrected chi connectivity index (χ3v) is 9.03. The Morgan fingerprint density at radius 3 is 2.41 bits per heavy atom. The molecule has 8 nitrogen and oxygen atoms in total. The van der Waals surface area contributed by atoms with E-state index >= 15 is 0 Å². The Kier molecular flexibility index (Phi) is 10.2. The number of rotatable bonds is 10. The zero-order valence-corrected chi connectivity index (χ0v) is 27.3. The lowest BCUT2D eigenvalue weighted by atomic mass is 10.1. The summed E-state index contributed by atoms with van der Waals surface area (Å²) in [4.78, 5) is 37.0. The van der Waals surface area contributed by atoms with Gasteiger partial charge in [0, 0.05) is 62.2 Å². The molecule has 5 rings (SSSR count). The van der Waals surface area contributed by atoms with E-state index in [2.05, 4.69) is 28.6 Å². The molecule has 12 heteroatoms. The van der Waals surface area contributed by atoms with Crippen LogP contribution in [0.5, 0.6) is 0 Å². The maximum absolute atomic E-state index is 13.8. The molecule has 2 aromatic heterocycles. The second kappa shape index (κ2) is 14.1. The summed E-state index contributed by atoms with van der Waals surface area (Å²) < 4.78 is 41.7. The van der Waals surface area contributed by atoms with Gasteiger partial charge >= 0.3 is 6.18 Å². The van der Waals surface area contributed by atoms with Crippen LogP contribution in [-0.4, -0.2) is 70.9 Å². The van der Waals surface area contributed by atoms with Crippen molar-refractivity contribution in [2.24, 2.45) is 5.92 Å². The standard InChI is InChI=1S/C34H39F3N6O2S/c1-23(2)13-14-43-24(3)28(20-30(43)29-22-46-33(39-29)38-26-10-8-9-25(19-26)34(35,36)37)32(45)42-17-15-41(16-18-42)21-31(44)40(4)27-11-6-5-7-12-27/h5-12,19-20,22-23H,13-18,21H2,1-4H3,(H,38,39). The van der Waals surface area contributed by atoms with E-state index in [9.17, 15) is 22.8 Å². The first-order valence-corrected chi connectivity index (χ1v) is 16.2. The average Bonchev–Trinajstić information content (AvgIpc) is 3.63. The second-order valence-corrected chi connectivity index (χ2v) is 12.8. The van der Waals surface area contributed by atoms with E-state index in [1.807, 2.05) is 53.6 Å². The van der Waals surface area contributed by atoms with E-state index < -0.39 is 11.7 Å². The highest BCUT2D eigenvalue weighted by atomic mass is 32.1. The number of aromatic nitrogens is 2. The number of benzene rings is 2. The van der Waals surface area contributed by atoms with Gasteiger partial charge in [-0.15, -0.1) is 11.3 Å². The molecule has 1 fully saturated rings. The second-order valence-electron chi connectivity index (χ2n) is 12.0. The number of anilines is 3. The number of para-hydroxylation sites is 1. The van der Waals surface area contributed by atoms with Crippen molar-refractivity contribution in [2.75, 3.05) is 50.0 Å². The van der Waals surface area contributed by atoms with E-state index in [-0.39, 0.29) is 18.4 Å². The van der Waals surface area contributed by atoms with Gasteiger partial charge in [0.05, 0.1) is 29.1 Å². The Bertz CT molecular complexity index is 1660. The molecular formula is C34H39F3N6O2S. The van der Waals surface area contributed by atoms with Crippen LogP contribution in [0.1, 0.15) is 41.9 Å². The van der Waals surface area contributed by atoms with Gasteiger partial charge in [-0.1, -0.05) is 38.1 Å². The first kappa shape index (κ1) is 33.2. The normalized spacial score (nSPS) is 14.1. The molecule has 4 aromatic rings. The van der Waals surface area contributed by atoms with Gasteiger partial charge in [0.2, 0.25) is 5.91 Å². The quantitative estimate of drug-likeness (QED) is 0.197. The van der Waals surface area contributed by atoms with Crippen LogP contribution in [-0.2, 0) is 17.5 Å². The van der Waals surface area contributed by atoms with Crippen molar-refractivity contribution in [3.63, 3.8) is 0 Å². The largest absolute Gasteiger partial charge is 0.416 e. The molecule has 0 bridgehead atoms. The number of alkyl halides is 3. The fraction of sp³-hybridized carbons (Fsp3) is 0.382. The zero-order chi connectivity index (χ0) is 33.0. The van der Waals surface area contributed by atoms with Crippen LogP contribution in [0.25, 0.3) is 11.4 Å². The summed E-state index contributed by atoms with van der Waals surface area (Å²) in [5, 5.41) is 5.31. The number of halogens is 3. The lowest BCUT2D eigenvalue weighted by Crippen LogP contribution is -2.51. The van der Waals surface area contributed by atoms with Gasteiger partial charge in [-0.25, -0.2) is 4.98 Å². The van der Waals surface area contributed by atoms with Gasteiger partial charge in [-0.05, 0) is 55.7 Å². The van der Waals surface area contributed by atoms with Crippen LogP contribution in [0.2, 0.25) is 0 Å². The van der Waals surface area contributed by atoms with E-state index in [1.165, 1.54) is 17.4 Å². The maximum Gasteiger partial charge on any atom is 0.416 e. The Hall–Kier alpha value is -4.16. The molecule has 0 saturated carbocycles. The lowest BCUT2D eigenvalue weighted by molar-refractivity contribution is -0.137. The van der Waals surface area contributed by atoms with Crippen molar-refractivity contribution in [2.45, 2.75) is 39.9 Å². The molecule has 0 unspecified atom stereocenters. The third kappa shape index (κ3) is 7.79. The SMILES string of the molecule is Cc1c(C(=O)N2CCN(CC(=O)N(C)c3ccccc3)CC2)cc(-c2csc(Nc3cccc(C(F)(F)F)c3)n2)n1CCC(C)C. The molecule has 1 aliphatic heterocycles. The number of piperazine rings is 1.